The van der Waals surface area contributed by atoms with Crippen LogP contribution in [0.3, 0.4) is 0 Å². The van der Waals surface area contributed by atoms with E-state index >= 15 is 0 Å². The highest BCUT2D eigenvalue weighted by Gasteiger charge is 2.45. The fraction of sp³-hybridized carbons (Fsp3) is 0.333. The van der Waals surface area contributed by atoms with Crippen molar-refractivity contribution >= 4 is 66.3 Å². The maximum absolute atomic E-state index is 13.0. The third-order valence-corrected chi connectivity index (χ3v) is 14.3. The number of hydrogen-bond donors (Lipinski definition) is 3. The first-order valence-electron chi connectivity index (χ1n) is 22.8. The van der Waals surface area contributed by atoms with Gasteiger partial charge in [0.15, 0.2) is 16.7 Å². The minimum absolute atomic E-state index is 0.0384. The van der Waals surface area contributed by atoms with Crippen molar-refractivity contribution in [2.75, 3.05) is 31.2 Å². The van der Waals surface area contributed by atoms with E-state index in [1.54, 1.807) is 0 Å². The summed E-state index contributed by atoms with van der Waals surface area (Å²) in [6.45, 7) is 10.0. The molecule has 5 aromatic carbocycles. The average Bonchev–Trinajstić information content (AvgIpc) is 3.65. The Hall–Kier alpha value is -6.24. The maximum Gasteiger partial charge on any atom is 0.275 e. The molecular formula is C54H60FN4O6S+. The van der Waals surface area contributed by atoms with Gasteiger partial charge in [-0.25, -0.2) is 0 Å². The lowest BCUT2D eigenvalue weighted by Gasteiger charge is -2.27. The predicted molar refractivity (Wildman–Crippen MR) is 263 cm³/mol. The van der Waals surface area contributed by atoms with Gasteiger partial charge < -0.3 is 16.0 Å². The summed E-state index contributed by atoms with van der Waals surface area (Å²) < 4.78 is 48.1. The van der Waals surface area contributed by atoms with Crippen molar-refractivity contribution in [2.45, 2.75) is 88.7 Å². The highest BCUT2D eigenvalue weighted by Crippen LogP contribution is 2.51. The number of Topliss-reactive ketones (excluding diaryl/α,β-unsaturated/α-hetero) is 1. The number of nitrogens with zero attached hydrogens (tertiary/aromatic N) is 2. The fourth-order valence-electron chi connectivity index (χ4n) is 9.84. The van der Waals surface area contributed by atoms with E-state index in [-0.39, 0.29) is 33.8 Å². The molecule has 4 N–H and O–H groups in total. The molecule has 1 atom stereocenters. The third-order valence-electron chi connectivity index (χ3n) is 13.1. The molecule has 0 bridgehead atoms. The van der Waals surface area contributed by atoms with Gasteiger partial charge in [-0.3, -0.25) is 23.3 Å². The zero-order valence-corrected chi connectivity index (χ0v) is 39.0. The first-order chi connectivity index (χ1) is 31.5. The third kappa shape index (κ3) is 9.95. The number of ketones is 1. The van der Waals surface area contributed by atoms with Crippen LogP contribution < -0.4 is 16.0 Å². The standard InChI is InChI=1S/C54H59FN4O6S/c1-53(2)46(58(35-15-6-9-23-48(56)60)43-30-28-37-17-10-12-19-41(37)49(43)53)21-7-5-8-22-47-54(3,4)50-42-20-13-11-18-38(42)29-31-44(50)59(47)36-16-14-34-57-52(62)40-26-24-39(25-27-40)51(61)45(32-33-55)66(63,64)65/h5,7-8,10-13,17-22,24-31,45H,6,9,14-16,23,32-36H2,1-4H3,(H3-,56,57,60,62,63,64,65)/p+1/i55-1. The van der Waals surface area contributed by atoms with Gasteiger partial charge in [0.05, 0.1) is 12.1 Å². The van der Waals surface area contributed by atoms with Crippen molar-refractivity contribution in [3.05, 3.63) is 155 Å². The monoisotopic (exact) mass is 910 g/mol. The second-order valence-electron chi connectivity index (χ2n) is 18.3. The number of halogens is 1. The minimum Gasteiger partial charge on any atom is -0.370 e. The van der Waals surface area contributed by atoms with Crippen LogP contribution in [-0.4, -0.2) is 72.4 Å². The lowest BCUT2D eigenvalue weighted by Crippen LogP contribution is -2.31. The lowest BCUT2D eigenvalue weighted by atomic mass is 9.79. The molecule has 0 aromatic heterocycles. The topological polar surface area (TPSA) is 150 Å². The van der Waals surface area contributed by atoms with E-state index in [1.165, 1.54) is 74.0 Å². The molecule has 0 aliphatic carbocycles. The molecule has 5 aromatic rings. The van der Waals surface area contributed by atoms with Gasteiger partial charge in [0.1, 0.15) is 6.54 Å². The van der Waals surface area contributed by atoms with Gasteiger partial charge >= 0.3 is 0 Å². The summed E-state index contributed by atoms with van der Waals surface area (Å²) in [5, 5.41) is 5.92. The van der Waals surface area contributed by atoms with Crippen LogP contribution in [0.5, 0.6) is 0 Å². The number of rotatable bonds is 20. The number of benzene rings is 5. The molecular weight excluding hydrogens is 851 g/mol. The summed E-state index contributed by atoms with van der Waals surface area (Å²) in [7, 11) is -4.79. The number of nitrogens with one attached hydrogen (secondary N) is 1. The average molecular weight is 911 g/mol. The summed E-state index contributed by atoms with van der Waals surface area (Å²) in [6.07, 6.45) is 14.7. The number of alkyl halides is 1. The minimum atomic E-state index is -4.79. The van der Waals surface area contributed by atoms with Crippen molar-refractivity contribution in [3.8, 4) is 0 Å². The number of primary amides is 1. The number of amides is 2. The van der Waals surface area contributed by atoms with Gasteiger partial charge in [-0.05, 0) is 97.0 Å². The van der Waals surface area contributed by atoms with Gasteiger partial charge in [0, 0.05) is 78.0 Å². The molecule has 1 unspecified atom stereocenters. The fourth-order valence-corrected chi connectivity index (χ4v) is 10.6. The molecule has 66 heavy (non-hydrogen) atoms. The molecule has 0 radical (unpaired) electrons. The molecule has 0 saturated heterocycles. The van der Waals surface area contributed by atoms with E-state index in [4.69, 9.17) is 5.73 Å². The summed E-state index contributed by atoms with van der Waals surface area (Å²) in [5.41, 5.74) is 12.5. The van der Waals surface area contributed by atoms with E-state index in [9.17, 15) is 31.7 Å². The number of carbonyl (C=O) groups excluding carboxylic acids is 3. The van der Waals surface area contributed by atoms with Crippen molar-refractivity contribution < 1.29 is 36.3 Å². The molecule has 0 fully saturated rings. The lowest BCUT2D eigenvalue weighted by molar-refractivity contribution is -0.438. The maximum atomic E-state index is 13.0. The number of anilines is 1. The van der Waals surface area contributed by atoms with Crippen LogP contribution in [0.2, 0.25) is 0 Å². The SMILES string of the molecule is CC1(C)C(/C=C/C=C/C=C2/N(CCCCNC(=O)c3ccc(C(=O)C(CC[18F])S(=O)(=O)O)cc3)c3ccc4ccccc4c3C2(C)C)=[N+](CCCCCC(N)=O)c2ccc3ccccc3c21. The zero-order chi connectivity index (χ0) is 47.2. The molecule has 2 heterocycles. The molecule has 0 spiro atoms. The van der Waals surface area contributed by atoms with Crippen LogP contribution in [0.1, 0.15) is 104 Å². The van der Waals surface area contributed by atoms with Gasteiger partial charge in [-0.2, -0.15) is 13.0 Å². The number of hydrogen-bond acceptors (Lipinski definition) is 6. The molecule has 10 nitrogen and oxygen atoms in total. The Morgan fingerprint density at radius 1 is 0.773 bits per heavy atom. The molecule has 2 aliphatic rings. The van der Waals surface area contributed by atoms with Crippen LogP contribution in [0.4, 0.5) is 15.8 Å². The Morgan fingerprint density at radius 3 is 2.09 bits per heavy atom. The Morgan fingerprint density at radius 2 is 1.42 bits per heavy atom. The molecule has 7 rings (SSSR count). The van der Waals surface area contributed by atoms with Gasteiger partial charge in [-0.15, -0.1) is 0 Å². The summed E-state index contributed by atoms with van der Waals surface area (Å²) in [4.78, 5) is 39.5. The summed E-state index contributed by atoms with van der Waals surface area (Å²) in [5.74, 6) is -1.53. The van der Waals surface area contributed by atoms with Crippen LogP contribution in [-0.2, 0) is 25.7 Å². The van der Waals surface area contributed by atoms with Crippen molar-refractivity contribution in [2.24, 2.45) is 5.73 Å². The van der Waals surface area contributed by atoms with E-state index in [2.05, 4.69) is 146 Å². The largest absolute Gasteiger partial charge is 0.370 e. The quantitative estimate of drug-likeness (QED) is 0.0231. The van der Waals surface area contributed by atoms with E-state index in [1.807, 2.05) is 0 Å². The van der Waals surface area contributed by atoms with Crippen molar-refractivity contribution in [1.29, 1.82) is 0 Å². The molecule has 0 saturated carbocycles. The molecule has 2 amide bonds. The normalized spacial score (nSPS) is 16.5. The van der Waals surface area contributed by atoms with E-state index in [0.29, 0.717) is 19.4 Å². The van der Waals surface area contributed by atoms with Gasteiger partial charge in [-0.1, -0.05) is 98.8 Å². The zero-order valence-electron chi connectivity index (χ0n) is 38.2. The summed E-state index contributed by atoms with van der Waals surface area (Å²) >= 11 is 0. The molecule has 12 heteroatoms. The van der Waals surface area contributed by atoms with Crippen LogP contribution in [0.15, 0.2) is 133 Å². The predicted octanol–water partition coefficient (Wildman–Crippen LogP) is 10.2. The number of carbonyl (C=O) groups is 3. The Labute approximate surface area is 387 Å². The Bertz CT molecular complexity index is 2900. The second kappa shape index (κ2) is 20.1. The van der Waals surface area contributed by atoms with Crippen molar-refractivity contribution in [3.63, 3.8) is 0 Å². The smallest absolute Gasteiger partial charge is 0.275 e. The number of nitrogens with two attached hydrogens (primary N) is 1. The van der Waals surface area contributed by atoms with Gasteiger partial charge in [0.25, 0.3) is 16.0 Å². The van der Waals surface area contributed by atoms with Crippen LogP contribution >= 0.6 is 0 Å². The second-order valence-corrected chi connectivity index (χ2v) is 19.9. The Balaban J connectivity index is 1.07. The number of unbranched alkanes of at least 4 members (excludes halogenated alkanes) is 3. The van der Waals surface area contributed by atoms with Gasteiger partial charge in [0.2, 0.25) is 11.6 Å². The molecule has 344 valence electrons. The van der Waals surface area contributed by atoms with E-state index in [0.717, 1.165) is 44.5 Å². The molecule has 2 aliphatic heterocycles. The highest BCUT2D eigenvalue weighted by atomic mass is 32.2. The number of allylic oxidation sites excluding steroid dienone is 6. The first-order valence-corrected chi connectivity index (χ1v) is 24.3. The van der Waals surface area contributed by atoms with E-state index < -0.39 is 34.2 Å². The highest BCUT2D eigenvalue weighted by molar-refractivity contribution is 7.87. The van der Waals surface area contributed by atoms with Crippen molar-refractivity contribution in [1.82, 2.24) is 5.32 Å². The number of fused-ring (bicyclic) bond motifs is 6. The first kappa shape index (κ1) is 47.7. The summed E-state index contributed by atoms with van der Waals surface area (Å²) in [6, 6.07) is 31.3. The van der Waals surface area contributed by atoms with Crippen LogP contribution in [0, 0.1) is 0 Å². The Kier molecular flexibility index (Phi) is 14.5. The van der Waals surface area contributed by atoms with Crippen LogP contribution in [0.25, 0.3) is 21.5 Å².